The van der Waals surface area contributed by atoms with E-state index in [9.17, 15) is 18.0 Å². The van der Waals surface area contributed by atoms with E-state index in [2.05, 4.69) is 16.6 Å². The summed E-state index contributed by atoms with van der Waals surface area (Å²) in [5.74, 6) is -0.381. The summed E-state index contributed by atoms with van der Waals surface area (Å²) in [6.45, 7) is 4.18. The molecule has 0 spiro atoms. The van der Waals surface area contributed by atoms with Crippen molar-refractivity contribution < 1.29 is 22.7 Å². The number of hydrogen-bond donors (Lipinski definition) is 2. The summed E-state index contributed by atoms with van der Waals surface area (Å²) in [4.78, 5) is 25.1. The van der Waals surface area contributed by atoms with Crippen LogP contribution in [0.5, 0.6) is 0 Å². The molecule has 0 aromatic heterocycles. The van der Waals surface area contributed by atoms with Gasteiger partial charge >= 0.3 is 6.09 Å². The molecule has 2 N–H and O–H groups in total. The molecule has 30 heavy (non-hydrogen) atoms. The van der Waals surface area contributed by atoms with Crippen molar-refractivity contribution >= 4 is 27.7 Å². The van der Waals surface area contributed by atoms with Crippen LogP contribution in [0.4, 0.5) is 10.5 Å². The van der Waals surface area contributed by atoms with Crippen LogP contribution in [-0.2, 0) is 26.2 Å². The van der Waals surface area contributed by atoms with Crippen molar-refractivity contribution in [3.8, 4) is 0 Å². The molecule has 0 unspecified atom stereocenters. The van der Waals surface area contributed by atoms with Gasteiger partial charge in [-0.3, -0.25) is 4.79 Å². The monoisotopic (exact) mass is 429 g/mol. The number of benzene rings is 2. The van der Waals surface area contributed by atoms with Crippen LogP contribution in [-0.4, -0.2) is 44.4 Å². The van der Waals surface area contributed by atoms with Gasteiger partial charge in [-0.05, 0) is 42.3 Å². The number of rotatable bonds is 7. The lowest BCUT2D eigenvalue weighted by Crippen LogP contribution is -2.38. The SMILES string of the molecule is C=CC(=O)Nc1ccc(S(=O)(=O)N[C@H]2CCN(C(=O)OCc3ccccc3)C2)cc1. The van der Waals surface area contributed by atoms with Crippen LogP contribution in [0.15, 0.2) is 72.1 Å². The normalized spacial score (nSPS) is 16.1. The number of hydrogen-bond acceptors (Lipinski definition) is 5. The lowest BCUT2D eigenvalue weighted by Gasteiger charge is -2.17. The minimum Gasteiger partial charge on any atom is -0.445 e. The van der Waals surface area contributed by atoms with E-state index in [1.54, 1.807) is 0 Å². The van der Waals surface area contributed by atoms with Crippen LogP contribution in [0.2, 0.25) is 0 Å². The van der Waals surface area contributed by atoms with E-state index in [1.165, 1.54) is 29.2 Å². The van der Waals surface area contributed by atoms with E-state index < -0.39 is 22.2 Å². The van der Waals surface area contributed by atoms with E-state index in [0.29, 0.717) is 18.7 Å². The van der Waals surface area contributed by atoms with E-state index in [4.69, 9.17) is 4.74 Å². The first-order valence-electron chi connectivity index (χ1n) is 9.39. The molecular formula is C21H23N3O5S. The van der Waals surface area contributed by atoms with Gasteiger partial charge in [-0.15, -0.1) is 0 Å². The van der Waals surface area contributed by atoms with E-state index >= 15 is 0 Å². The average Bonchev–Trinajstić information content (AvgIpc) is 3.21. The van der Waals surface area contributed by atoms with Crippen LogP contribution < -0.4 is 10.0 Å². The Bertz CT molecular complexity index is 1010. The summed E-state index contributed by atoms with van der Waals surface area (Å²) in [5, 5.41) is 2.56. The smallest absolute Gasteiger partial charge is 0.410 e. The molecule has 158 valence electrons. The van der Waals surface area contributed by atoms with E-state index in [1.807, 2.05) is 30.3 Å². The second-order valence-electron chi connectivity index (χ2n) is 6.81. The summed E-state index contributed by atoms with van der Waals surface area (Å²) in [6.07, 6.45) is 1.15. The van der Waals surface area contributed by atoms with Crippen LogP contribution >= 0.6 is 0 Å². The van der Waals surface area contributed by atoms with Crippen LogP contribution in [0.1, 0.15) is 12.0 Å². The molecule has 1 heterocycles. The van der Waals surface area contributed by atoms with Crippen molar-refractivity contribution in [2.45, 2.75) is 24.0 Å². The van der Waals surface area contributed by atoms with Gasteiger partial charge in [0.25, 0.3) is 0 Å². The number of carbonyl (C=O) groups excluding carboxylic acids is 2. The first-order chi connectivity index (χ1) is 14.4. The minimum atomic E-state index is -3.76. The van der Waals surface area contributed by atoms with E-state index in [-0.39, 0.29) is 24.0 Å². The predicted molar refractivity (Wildman–Crippen MR) is 112 cm³/mol. The summed E-state index contributed by atoms with van der Waals surface area (Å²) in [5.41, 5.74) is 1.35. The highest BCUT2D eigenvalue weighted by atomic mass is 32.2. The van der Waals surface area contributed by atoms with Gasteiger partial charge in [0.1, 0.15) is 6.61 Å². The van der Waals surface area contributed by atoms with Crippen molar-refractivity contribution in [2.24, 2.45) is 0 Å². The zero-order valence-electron chi connectivity index (χ0n) is 16.3. The molecule has 0 saturated carbocycles. The van der Waals surface area contributed by atoms with Crippen molar-refractivity contribution in [3.63, 3.8) is 0 Å². The molecule has 1 aliphatic rings. The fourth-order valence-corrected chi connectivity index (χ4v) is 4.29. The lowest BCUT2D eigenvalue weighted by molar-refractivity contribution is -0.111. The molecule has 1 fully saturated rings. The summed E-state index contributed by atoms with van der Waals surface area (Å²) in [7, 11) is -3.76. The number of amides is 2. The average molecular weight is 429 g/mol. The van der Waals surface area contributed by atoms with E-state index in [0.717, 1.165) is 11.6 Å². The number of ether oxygens (including phenoxy) is 1. The molecule has 3 rings (SSSR count). The zero-order valence-corrected chi connectivity index (χ0v) is 17.1. The highest BCUT2D eigenvalue weighted by molar-refractivity contribution is 7.89. The zero-order chi connectivity index (χ0) is 21.6. The third kappa shape index (κ3) is 5.68. The Labute approximate surface area is 175 Å². The maximum atomic E-state index is 12.6. The molecule has 2 aromatic rings. The van der Waals surface area contributed by atoms with Crippen molar-refractivity contribution in [1.82, 2.24) is 9.62 Å². The van der Waals surface area contributed by atoms with Crippen LogP contribution in [0.3, 0.4) is 0 Å². The number of sulfonamides is 1. The molecule has 0 radical (unpaired) electrons. The molecule has 1 saturated heterocycles. The standard InChI is InChI=1S/C21H23N3O5S/c1-2-20(25)22-17-8-10-19(11-9-17)30(27,28)23-18-12-13-24(14-18)21(26)29-15-16-6-4-3-5-7-16/h2-11,18,23H,1,12-15H2,(H,22,25)/t18-/m0/s1. The molecule has 0 aliphatic carbocycles. The molecular weight excluding hydrogens is 406 g/mol. The van der Waals surface area contributed by atoms with Gasteiger partial charge in [-0.1, -0.05) is 36.9 Å². The summed E-state index contributed by atoms with van der Waals surface area (Å²) < 4.78 is 33.1. The van der Waals surface area contributed by atoms with Gasteiger partial charge in [0.15, 0.2) is 0 Å². The molecule has 2 amide bonds. The fourth-order valence-electron chi connectivity index (χ4n) is 3.03. The predicted octanol–water partition coefficient (Wildman–Crippen LogP) is 2.50. The molecule has 1 atom stereocenters. The van der Waals surface area contributed by atoms with Crippen LogP contribution in [0, 0.1) is 0 Å². The van der Waals surface area contributed by atoms with Crippen molar-refractivity contribution in [2.75, 3.05) is 18.4 Å². The number of nitrogens with one attached hydrogen (secondary N) is 2. The highest BCUT2D eigenvalue weighted by Gasteiger charge is 2.30. The maximum absolute atomic E-state index is 12.6. The second-order valence-corrected chi connectivity index (χ2v) is 8.52. The van der Waals surface area contributed by atoms with Gasteiger partial charge < -0.3 is 15.0 Å². The Kier molecular flexibility index (Phi) is 6.86. The Hall–Kier alpha value is -3.17. The maximum Gasteiger partial charge on any atom is 0.410 e. The molecule has 0 bridgehead atoms. The first-order valence-corrected chi connectivity index (χ1v) is 10.9. The highest BCUT2D eigenvalue weighted by Crippen LogP contribution is 2.18. The Morgan fingerprint density at radius 3 is 2.50 bits per heavy atom. The summed E-state index contributed by atoms with van der Waals surface area (Å²) >= 11 is 0. The number of nitrogens with zero attached hydrogens (tertiary/aromatic N) is 1. The Morgan fingerprint density at radius 2 is 1.83 bits per heavy atom. The Balaban J connectivity index is 1.53. The first kappa shape index (κ1) is 21.5. The second kappa shape index (κ2) is 9.55. The number of anilines is 1. The molecule has 1 aliphatic heterocycles. The van der Waals surface area contributed by atoms with Gasteiger partial charge in [0.2, 0.25) is 15.9 Å². The summed E-state index contributed by atoms with van der Waals surface area (Å²) in [6, 6.07) is 14.7. The van der Waals surface area contributed by atoms with Gasteiger partial charge in [0, 0.05) is 24.8 Å². The molecule has 8 nitrogen and oxygen atoms in total. The number of carbonyl (C=O) groups is 2. The fraction of sp³-hybridized carbons (Fsp3) is 0.238. The molecule has 9 heteroatoms. The van der Waals surface area contributed by atoms with Crippen LogP contribution in [0.25, 0.3) is 0 Å². The van der Waals surface area contributed by atoms with Gasteiger partial charge in [-0.2, -0.15) is 0 Å². The van der Waals surface area contributed by atoms with Gasteiger partial charge in [0.05, 0.1) is 4.90 Å². The quantitative estimate of drug-likeness (QED) is 0.658. The van der Waals surface area contributed by atoms with Crippen molar-refractivity contribution in [3.05, 3.63) is 72.8 Å². The largest absolute Gasteiger partial charge is 0.445 e. The lowest BCUT2D eigenvalue weighted by atomic mass is 10.2. The van der Waals surface area contributed by atoms with Crippen molar-refractivity contribution in [1.29, 1.82) is 0 Å². The topological polar surface area (TPSA) is 105 Å². The molecule has 2 aromatic carbocycles. The third-order valence-electron chi connectivity index (χ3n) is 4.59. The number of likely N-dealkylation sites (tertiary alicyclic amines) is 1. The Morgan fingerprint density at radius 1 is 1.13 bits per heavy atom. The van der Waals surface area contributed by atoms with Gasteiger partial charge in [-0.25, -0.2) is 17.9 Å². The third-order valence-corrected chi connectivity index (χ3v) is 6.13. The minimum absolute atomic E-state index is 0.0733.